The number of aromatic nitrogens is 4. The van der Waals surface area contributed by atoms with Crippen molar-refractivity contribution in [3.05, 3.63) is 29.7 Å². The largest absolute Gasteiger partial charge is 0.462 e. The summed E-state index contributed by atoms with van der Waals surface area (Å²) in [4.78, 5) is 15.7. The first kappa shape index (κ1) is 14.2. The third kappa shape index (κ3) is 3.41. The Kier molecular flexibility index (Phi) is 4.83. The van der Waals surface area contributed by atoms with Crippen molar-refractivity contribution in [1.82, 2.24) is 25.2 Å². The zero-order valence-electron chi connectivity index (χ0n) is 11.5. The first-order valence-corrected chi connectivity index (χ1v) is 6.36. The number of carbonyl (C=O) groups is 1. The van der Waals surface area contributed by atoms with Crippen molar-refractivity contribution < 1.29 is 14.1 Å². The van der Waals surface area contributed by atoms with Crippen molar-refractivity contribution in [2.75, 3.05) is 13.2 Å². The van der Waals surface area contributed by atoms with Gasteiger partial charge in [-0.05, 0) is 6.92 Å². The average Bonchev–Trinajstić information content (AvgIpc) is 3.05. The normalized spacial score (nSPS) is 10.7. The molecule has 8 nitrogen and oxygen atoms in total. The van der Waals surface area contributed by atoms with Crippen molar-refractivity contribution in [3.8, 4) is 0 Å². The lowest BCUT2D eigenvalue weighted by Gasteiger charge is -2.07. The van der Waals surface area contributed by atoms with Crippen molar-refractivity contribution in [3.63, 3.8) is 0 Å². The molecule has 108 valence electrons. The maximum atomic E-state index is 11.8. The Hall–Kier alpha value is -2.22. The molecule has 0 fully saturated rings. The molecule has 0 unspecified atom stereocenters. The molecule has 1 N–H and O–H groups in total. The van der Waals surface area contributed by atoms with E-state index >= 15 is 0 Å². The van der Waals surface area contributed by atoms with Crippen LogP contribution in [0, 0.1) is 0 Å². The second kappa shape index (κ2) is 6.80. The van der Waals surface area contributed by atoms with E-state index in [1.54, 1.807) is 18.7 Å². The second-order valence-corrected chi connectivity index (χ2v) is 4.11. The zero-order chi connectivity index (χ0) is 14.4. The Morgan fingerprint density at radius 1 is 1.55 bits per heavy atom. The van der Waals surface area contributed by atoms with E-state index in [-0.39, 0.29) is 5.97 Å². The van der Waals surface area contributed by atoms with Crippen molar-refractivity contribution in [2.45, 2.75) is 19.9 Å². The number of hydrogen-bond donors (Lipinski definition) is 1. The van der Waals surface area contributed by atoms with Gasteiger partial charge in [0.05, 0.1) is 18.5 Å². The van der Waals surface area contributed by atoms with Crippen molar-refractivity contribution in [2.24, 2.45) is 7.05 Å². The number of carbonyl (C=O) groups excluding carboxylic acids is 1. The van der Waals surface area contributed by atoms with Crippen molar-refractivity contribution in [1.29, 1.82) is 0 Å². The summed E-state index contributed by atoms with van der Waals surface area (Å²) in [5.74, 6) is 0.224. The van der Waals surface area contributed by atoms with E-state index in [0.717, 1.165) is 5.69 Å². The molecule has 0 radical (unpaired) electrons. The molecular formula is C12H17N5O3. The topological polar surface area (TPSA) is 95.1 Å². The molecule has 0 spiro atoms. The third-order valence-corrected chi connectivity index (χ3v) is 2.77. The highest BCUT2D eigenvalue weighted by Crippen LogP contribution is 2.09. The Balaban J connectivity index is 1.88. The minimum absolute atomic E-state index is 0.345. The van der Waals surface area contributed by atoms with Gasteiger partial charge in [-0.1, -0.05) is 5.16 Å². The highest BCUT2D eigenvalue weighted by Gasteiger charge is 2.16. The molecule has 0 aromatic carbocycles. The number of nitrogens with zero attached hydrogens (tertiary/aromatic N) is 4. The number of nitrogens with one attached hydrogen (secondary N) is 1. The lowest BCUT2D eigenvalue weighted by atomic mass is 10.2. The molecule has 0 saturated heterocycles. The molecule has 20 heavy (non-hydrogen) atoms. The molecule has 2 aromatic heterocycles. The zero-order valence-corrected chi connectivity index (χ0v) is 11.5. The summed E-state index contributed by atoms with van der Waals surface area (Å²) in [7, 11) is 1.79. The highest BCUT2D eigenvalue weighted by atomic mass is 16.5. The van der Waals surface area contributed by atoms with Crippen LogP contribution in [-0.2, 0) is 24.8 Å². The smallest absolute Gasteiger partial charge is 0.341 e. The third-order valence-electron chi connectivity index (χ3n) is 2.77. The lowest BCUT2D eigenvalue weighted by Crippen LogP contribution is -2.21. The molecule has 2 aromatic rings. The van der Waals surface area contributed by atoms with Crippen LogP contribution in [-0.4, -0.2) is 39.0 Å². The van der Waals surface area contributed by atoms with Crippen LogP contribution in [0.2, 0.25) is 0 Å². The monoisotopic (exact) mass is 279 g/mol. The summed E-state index contributed by atoms with van der Waals surface area (Å²) in [5.41, 5.74) is 1.27. The first-order valence-electron chi connectivity index (χ1n) is 6.36. The van der Waals surface area contributed by atoms with Crippen LogP contribution in [0.3, 0.4) is 0 Å². The minimum Gasteiger partial charge on any atom is -0.462 e. The predicted octanol–water partition coefficient (Wildman–Crippen LogP) is 0.312. The van der Waals surface area contributed by atoms with Crippen LogP contribution in [0.4, 0.5) is 0 Å². The summed E-state index contributed by atoms with van der Waals surface area (Å²) >= 11 is 0. The first-order chi connectivity index (χ1) is 9.72. The fourth-order valence-electron chi connectivity index (χ4n) is 1.76. The number of aryl methyl sites for hydroxylation is 1. The fraction of sp³-hybridized carbons (Fsp3) is 0.500. The van der Waals surface area contributed by atoms with Gasteiger partial charge in [0.25, 0.3) is 0 Å². The Morgan fingerprint density at radius 2 is 2.40 bits per heavy atom. The number of ether oxygens (including phenoxy) is 1. The molecule has 0 saturated carbocycles. The van der Waals surface area contributed by atoms with Gasteiger partial charge in [0.2, 0.25) is 5.89 Å². The molecule has 2 rings (SSSR count). The van der Waals surface area contributed by atoms with Gasteiger partial charge in [-0.25, -0.2) is 4.79 Å². The second-order valence-electron chi connectivity index (χ2n) is 4.11. The van der Waals surface area contributed by atoms with Gasteiger partial charge in [-0.15, -0.1) is 0 Å². The Morgan fingerprint density at radius 3 is 3.10 bits per heavy atom. The predicted molar refractivity (Wildman–Crippen MR) is 68.9 cm³/mol. The molecule has 0 aliphatic rings. The maximum Gasteiger partial charge on any atom is 0.341 e. The number of rotatable bonds is 7. The molecular weight excluding hydrogens is 262 g/mol. The SMILES string of the molecule is CCOC(=O)c1cnn(C)c1CNCCc1ncno1. The number of hydrogen-bond acceptors (Lipinski definition) is 7. The summed E-state index contributed by atoms with van der Waals surface area (Å²) < 4.78 is 11.5. The van der Waals surface area contributed by atoms with E-state index in [9.17, 15) is 4.79 Å². The van der Waals surface area contributed by atoms with E-state index in [1.165, 1.54) is 12.5 Å². The Labute approximate surface area is 116 Å². The minimum atomic E-state index is -0.352. The van der Waals surface area contributed by atoms with E-state index in [1.807, 2.05) is 0 Å². The molecule has 0 atom stereocenters. The maximum absolute atomic E-state index is 11.8. The van der Waals surface area contributed by atoms with Crippen molar-refractivity contribution >= 4 is 5.97 Å². The van der Waals surface area contributed by atoms with Crippen LogP contribution >= 0.6 is 0 Å². The van der Waals surface area contributed by atoms with E-state index in [4.69, 9.17) is 9.26 Å². The van der Waals surface area contributed by atoms with Gasteiger partial charge in [0.1, 0.15) is 5.56 Å². The van der Waals surface area contributed by atoms with Gasteiger partial charge >= 0.3 is 5.97 Å². The van der Waals surface area contributed by atoms with E-state index in [0.29, 0.717) is 37.6 Å². The summed E-state index contributed by atoms with van der Waals surface area (Å²) in [6.45, 7) is 3.29. The van der Waals surface area contributed by atoms with Crippen LogP contribution in [0.15, 0.2) is 17.0 Å². The van der Waals surface area contributed by atoms with E-state index < -0.39 is 0 Å². The van der Waals surface area contributed by atoms with Crippen LogP contribution in [0.1, 0.15) is 28.9 Å². The van der Waals surface area contributed by atoms with Crippen LogP contribution in [0.5, 0.6) is 0 Å². The molecule has 2 heterocycles. The van der Waals surface area contributed by atoms with Gasteiger partial charge in [0.15, 0.2) is 6.33 Å². The van der Waals surface area contributed by atoms with Gasteiger partial charge in [-0.2, -0.15) is 10.1 Å². The van der Waals surface area contributed by atoms with Gasteiger partial charge < -0.3 is 14.6 Å². The molecule has 0 amide bonds. The van der Waals surface area contributed by atoms with Gasteiger partial charge in [-0.3, -0.25) is 4.68 Å². The molecule has 0 bridgehead atoms. The average molecular weight is 279 g/mol. The summed E-state index contributed by atoms with van der Waals surface area (Å²) in [6.07, 6.45) is 3.52. The number of esters is 1. The van der Waals surface area contributed by atoms with E-state index in [2.05, 4.69) is 20.6 Å². The van der Waals surface area contributed by atoms with Crippen LogP contribution in [0.25, 0.3) is 0 Å². The van der Waals surface area contributed by atoms with Gasteiger partial charge in [0, 0.05) is 26.6 Å². The fourth-order valence-corrected chi connectivity index (χ4v) is 1.76. The molecule has 0 aliphatic carbocycles. The summed E-state index contributed by atoms with van der Waals surface area (Å²) in [5, 5.41) is 10.8. The molecule has 8 heteroatoms. The Bertz CT molecular complexity index is 549. The lowest BCUT2D eigenvalue weighted by molar-refractivity contribution is 0.0524. The quantitative estimate of drug-likeness (QED) is 0.575. The molecule has 0 aliphatic heterocycles. The van der Waals surface area contributed by atoms with Crippen LogP contribution < -0.4 is 5.32 Å². The summed E-state index contributed by atoms with van der Waals surface area (Å²) in [6, 6.07) is 0. The standard InChI is InChI=1S/C12H17N5O3/c1-3-19-12(18)9-6-15-17(2)10(9)7-13-5-4-11-14-8-16-20-11/h6,8,13H,3-5,7H2,1-2H3. The highest BCUT2D eigenvalue weighted by molar-refractivity contribution is 5.90.